The maximum absolute atomic E-state index is 11.1. The molecule has 7 nitrogen and oxygen atoms in total. The Labute approximate surface area is 116 Å². The van der Waals surface area contributed by atoms with Gasteiger partial charge in [0, 0.05) is 6.07 Å². The molecule has 1 aromatic rings. The van der Waals surface area contributed by atoms with Crippen molar-refractivity contribution in [2.45, 2.75) is 25.8 Å². The predicted molar refractivity (Wildman–Crippen MR) is 73.1 cm³/mol. The maximum Gasteiger partial charge on any atom is 0.327 e. The Morgan fingerprint density at radius 1 is 1.55 bits per heavy atom. The van der Waals surface area contributed by atoms with Gasteiger partial charge in [-0.05, 0) is 32.0 Å². The summed E-state index contributed by atoms with van der Waals surface area (Å²) in [7, 11) is 1.49. The van der Waals surface area contributed by atoms with E-state index in [2.05, 4.69) is 5.32 Å². The van der Waals surface area contributed by atoms with Crippen molar-refractivity contribution in [3.05, 3.63) is 33.9 Å². The van der Waals surface area contributed by atoms with E-state index in [4.69, 9.17) is 9.84 Å². The summed E-state index contributed by atoms with van der Waals surface area (Å²) in [6.45, 7) is 3.12. The molecule has 0 aliphatic carbocycles. The van der Waals surface area contributed by atoms with Gasteiger partial charge in [-0.2, -0.15) is 0 Å². The molecule has 7 heteroatoms. The second-order valence-corrected chi connectivity index (χ2v) is 4.59. The fraction of sp³-hybridized carbons (Fsp3) is 0.462. The number of nitro groups is 1. The molecular formula is C13H18N2O5. The van der Waals surface area contributed by atoms with Gasteiger partial charge in [-0.3, -0.25) is 14.9 Å². The molecule has 0 heterocycles. The maximum atomic E-state index is 11.1. The Kier molecular flexibility index (Phi) is 5.04. The van der Waals surface area contributed by atoms with Crippen molar-refractivity contribution in [1.29, 1.82) is 0 Å². The summed E-state index contributed by atoms with van der Waals surface area (Å²) in [5, 5.41) is 22.7. The second kappa shape index (κ2) is 6.33. The van der Waals surface area contributed by atoms with E-state index in [1.165, 1.54) is 26.1 Å². The highest BCUT2D eigenvalue weighted by atomic mass is 16.6. The Hall–Kier alpha value is -2.15. The molecule has 0 amide bonds. The van der Waals surface area contributed by atoms with Gasteiger partial charge in [-0.25, -0.2) is 0 Å². The highest BCUT2D eigenvalue weighted by Crippen LogP contribution is 2.28. The predicted octanol–water partition coefficient (Wildman–Crippen LogP) is 1.60. The van der Waals surface area contributed by atoms with Crippen LogP contribution in [0.25, 0.3) is 0 Å². The van der Waals surface area contributed by atoms with Crippen LogP contribution in [-0.2, 0) is 11.2 Å². The third-order valence-electron chi connectivity index (χ3n) is 3.17. The van der Waals surface area contributed by atoms with Gasteiger partial charge in [0.1, 0.15) is 12.1 Å². The fourth-order valence-electron chi connectivity index (χ4n) is 1.51. The van der Waals surface area contributed by atoms with E-state index in [1.54, 1.807) is 6.07 Å². The van der Waals surface area contributed by atoms with Gasteiger partial charge in [0.15, 0.2) is 5.75 Å². The summed E-state index contributed by atoms with van der Waals surface area (Å²) < 4.78 is 5.33. The number of nitrogens with zero attached hydrogens (tertiary/aromatic N) is 1. The normalized spacial score (nSPS) is 13.6. The molecule has 20 heavy (non-hydrogen) atoms. The minimum Gasteiger partial charge on any atom is -0.484 e. The van der Waals surface area contributed by atoms with Crippen molar-refractivity contribution in [1.82, 2.24) is 5.32 Å². The average Bonchev–Trinajstić information content (AvgIpc) is 2.44. The number of aryl methyl sites for hydroxylation is 1. The number of aliphatic carboxylic acids is 1. The number of ether oxygens (including phenoxy) is 1. The van der Waals surface area contributed by atoms with Gasteiger partial charge < -0.3 is 15.2 Å². The summed E-state index contributed by atoms with van der Waals surface area (Å²) in [6, 6.07) is 4.65. The number of likely N-dealkylation sites (N-methyl/N-ethyl adjacent to an activating group) is 1. The lowest BCUT2D eigenvalue weighted by Crippen LogP contribution is -2.52. The quantitative estimate of drug-likeness (QED) is 0.581. The van der Waals surface area contributed by atoms with Crippen LogP contribution in [0.1, 0.15) is 19.4 Å². The molecule has 0 aliphatic rings. The average molecular weight is 282 g/mol. The van der Waals surface area contributed by atoms with Gasteiger partial charge in [0.2, 0.25) is 0 Å². The van der Waals surface area contributed by atoms with Crippen molar-refractivity contribution in [2.75, 3.05) is 13.7 Å². The molecule has 0 spiro atoms. The van der Waals surface area contributed by atoms with Gasteiger partial charge in [-0.15, -0.1) is 0 Å². The molecule has 0 fully saturated rings. The molecule has 0 aliphatic heterocycles. The van der Waals surface area contributed by atoms with Crippen molar-refractivity contribution in [3.63, 3.8) is 0 Å². The van der Waals surface area contributed by atoms with Crippen LogP contribution < -0.4 is 10.1 Å². The van der Waals surface area contributed by atoms with E-state index in [0.717, 1.165) is 5.56 Å². The lowest BCUT2D eigenvalue weighted by atomic mass is 10.1. The number of nitrogens with one attached hydrogen (secondary N) is 1. The van der Waals surface area contributed by atoms with E-state index >= 15 is 0 Å². The topological polar surface area (TPSA) is 102 Å². The number of carbonyl (C=O) groups is 1. The number of carboxylic acid groups (broad SMARTS) is 1. The molecule has 0 aromatic heterocycles. The van der Waals surface area contributed by atoms with Crippen LogP contribution in [0.3, 0.4) is 0 Å². The van der Waals surface area contributed by atoms with Crippen LogP contribution in [0.15, 0.2) is 18.2 Å². The number of carboxylic acids is 1. The van der Waals surface area contributed by atoms with Gasteiger partial charge in [0.05, 0.1) is 4.92 Å². The summed E-state index contributed by atoms with van der Waals surface area (Å²) >= 11 is 0. The molecule has 1 rings (SSSR count). The highest BCUT2D eigenvalue weighted by molar-refractivity contribution is 5.78. The van der Waals surface area contributed by atoms with Crippen LogP contribution >= 0.6 is 0 Å². The number of nitro benzene ring substituents is 1. The molecule has 0 saturated carbocycles. The SMILES string of the molecule is CCc1ccc(OCC(C)(NC)C(=O)O)c([N+](=O)[O-])c1. The first-order valence-corrected chi connectivity index (χ1v) is 6.16. The van der Waals surface area contributed by atoms with Crippen LogP contribution in [0, 0.1) is 10.1 Å². The molecule has 2 N–H and O–H groups in total. The van der Waals surface area contributed by atoms with Gasteiger partial charge in [0.25, 0.3) is 0 Å². The number of rotatable bonds is 7. The third-order valence-corrected chi connectivity index (χ3v) is 3.17. The Bertz CT molecular complexity index is 517. The molecule has 0 saturated heterocycles. The van der Waals surface area contributed by atoms with Crippen LogP contribution in [-0.4, -0.2) is 35.2 Å². The second-order valence-electron chi connectivity index (χ2n) is 4.59. The Morgan fingerprint density at radius 3 is 2.65 bits per heavy atom. The smallest absolute Gasteiger partial charge is 0.327 e. The minimum absolute atomic E-state index is 0.0647. The summed E-state index contributed by atoms with van der Waals surface area (Å²) in [4.78, 5) is 21.6. The molecular weight excluding hydrogens is 264 g/mol. The number of hydrogen-bond donors (Lipinski definition) is 2. The molecule has 1 atom stereocenters. The third kappa shape index (κ3) is 3.45. The Morgan fingerprint density at radius 2 is 2.20 bits per heavy atom. The summed E-state index contributed by atoms with van der Waals surface area (Å²) in [5.41, 5.74) is -0.649. The first kappa shape index (κ1) is 15.9. The molecule has 0 bridgehead atoms. The monoisotopic (exact) mass is 282 g/mol. The molecule has 1 aromatic carbocycles. The summed E-state index contributed by atoms with van der Waals surface area (Å²) in [5.74, 6) is -1.03. The zero-order valence-corrected chi connectivity index (χ0v) is 11.7. The van der Waals surface area contributed by atoms with Crippen LogP contribution in [0.5, 0.6) is 5.75 Å². The minimum atomic E-state index is -1.31. The lowest BCUT2D eigenvalue weighted by Gasteiger charge is -2.24. The number of hydrogen-bond acceptors (Lipinski definition) is 5. The van der Waals surface area contributed by atoms with E-state index in [9.17, 15) is 14.9 Å². The zero-order valence-electron chi connectivity index (χ0n) is 11.7. The number of benzene rings is 1. The van der Waals surface area contributed by atoms with Crippen LogP contribution in [0.4, 0.5) is 5.69 Å². The van der Waals surface area contributed by atoms with E-state index < -0.39 is 16.4 Å². The standard InChI is InChI=1S/C13H18N2O5/c1-4-9-5-6-11(10(7-9)15(18)19)20-8-13(2,14-3)12(16)17/h5-7,14H,4,8H2,1-3H3,(H,16,17). The highest BCUT2D eigenvalue weighted by Gasteiger charge is 2.33. The zero-order chi connectivity index (χ0) is 15.3. The first-order chi connectivity index (χ1) is 9.34. The summed E-state index contributed by atoms with van der Waals surface area (Å²) in [6.07, 6.45) is 0.671. The lowest BCUT2D eigenvalue weighted by molar-refractivity contribution is -0.386. The van der Waals surface area contributed by atoms with Gasteiger partial charge in [-0.1, -0.05) is 13.0 Å². The molecule has 1 unspecified atom stereocenters. The van der Waals surface area contributed by atoms with E-state index in [-0.39, 0.29) is 18.0 Å². The van der Waals surface area contributed by atoms with E-state index in [1.807, 2.05) is 6.92 Å². The Balaban J connectivity index is 2.98. The van der Waals surface area contributed by atoms with Crippen LogP contribution in [0.2, 0.25) is 0 Å². The van der Waals surface area contributed by atoms with E-state index in [0.29, 0.717) is 6.42 Å². The fourth-order valence-corrected chi connectivity index (χ4v) is 1.51. The molecule has 0 radical (unpaired) electrons. The largest absolute Gasteiger partial charge is 0.484 e. The van der Waals surface area contributed by atoms with Crippen molar-refractivity contribution in [2.24, 2.45) is 0 Å². The van der Waals surface area contributed by atoms with Crippen molar-refractivity contribution >= 4 is 11.7 Å². The molecule has 110 valence electrons. The van der Waals surface area contributed by atoms with Gasteiger partial charge >= 0.3 is 11.7 Å². The first-order valence-electron chi connectivity index (χ1n) is 6.16. The van der Waals surface area contributed by atoms with Crippen molar-refractivity contribution < 1.29 is 19.6 Å². The van der Waals surface area contributed by atoms with Crippen molar-refractivity contribution in [3.8, 4) is 5.75 Å².